The SMILES string of the molecule is NCC(F)(F)CNC(=O)CC1=CCCCC1. The average molecular weight is 232 g/mol. The third-order valence-electron chi connectivity index (χ3n) is 2.62. The highest BCUT2D eigenvalue weighted by molar-refractivity contribution is 5.78. The van der Waals surface area contributed by atoms with E-state index in [1.165, 1.54) is 0 Å². The molecule has 16 heavy (non-hydrogen) atoms. The molecule has 1 aliphatic rings. The molecule has 0 aromatic rings. The van der Waals surface area contributed by atoms with Crippen molar-refractivity contribution in [1.82, 2.24) is 5.32 Å². The zero-order valence-corrected chi connectivity index (χ0v) is 9.27. The van der Waals surface area contributed by atoms with Crippen LogP contribution in [0.2, 0.25) is 0 Å². The molecule has 0 heterocycles. The molecule has 1 aliphatic carbocycles. The van der Waals surface area contributed by atoms with Gasteiger partial charge in [0.2, 0.25) is 5.91 Å². The van der Waals surface area contributed by atoms with Gasteiger partial charge in [-0.15, -0.1) is 0 Å². The summed E-state index contributed by atoms with van der Waals surface area (Å²) in [6, 6.07) is 0. The fourth-order valence-corrected chi connectivity index (χ4v) is 1.63. The first kappa shape index (κ1) is 13.1. The van der Waals surface area contributed by atoms with Crippen LogP contribution in [-0.4, -0.2) is 24.9 Å². The first-order chi connectivity index (χ1) is 7.53. The molecule has 0 aromatic carbocycles. The molecule has 0 spiro atoms. The topological polar surface area (TPSA) is 55.1 Å². The molecule has 5 heteroatoms. The van der Waals surface area contributed by atoms with Gasteiger partial charge < -0.3 is 11.1 Å². The zero-order valence-electron chi connectivity index (χ0n) is 9.27. The maximum atomic E-state index is 12.7. The molecule has 1 rings (SSSR count). The van der Waals surface area contributed by atoms with Gasteiger partial charge in [-0.2, -0.15) is 0 Å². The summed E-state index contributed by atoms with van der Waals surface area (Å²) >= 11 is 0. The highest BCUT2D eigenvalue weighted by atomic mass is 19.3. The van der Waals surface area contributed by atoms with Gasteiger partial charge in [0, 0.05) is 6.42 Å². The summed E-state index contributed by atoms with van der Waals surface area (Å²) in [5.74, 6) is -3.35. The normalized spacial score (nSPS) is 16.8. The van der Waals surface area contributed by atoms with Gasteiger partial charge >= 0.3 is 0 Å². The van der Waals surface area contributed by atoms with Gasteiger partial charge in [0.05, 0.1) is 13.1 Å². The van der Waals surface area contributed by atoms with E-state index in [2.05, 4.69) is 5.32 Å². The molecule has 3 nitrogen and oxygen atoms in total. The van der Waals surface area contributed by atoms with E-state index in [1.54, 1.807) is 0 Å². The van der Waals surface area contributed by atoms with Crippen LogP contribution in [0.4, 0.5) is 8.78 Å². The van der Waals surface area contributed by atoms with Gasteiger partial charge in [-0.1, -0.05) is 11.6 Å². The minimum Gasteiger partial charge on any atom is -0.350 e. The molecular formula is C11H18F2N2O. The number of nitrogens with two attached hydrogens (primary N) is 1. The lowest BCUT2D eigenvalue weighted by molar-refractivity contribution is -0.122. The van der Waals surface area contributed by atoms with Crippen LogP contribution in [0.1, 0.15) is 32.1 Å². The Kier molecular flexibility index (Phi) is 4.86. The molecule has 0 saturated carbocycles. The Morgan fingerprint density at radius 1 is 1.50 bits per heavy atom. The smallest absolute Gasteiger partial charge is 0.277 e. The van der Waals surface area contributed by atoms with Crippen molar-refractivity contribution < 1.29 is 13.6 Å². The van der Waals surface area contributed by atoms with Crippen LogP contribution < -0.4 is 11.1 Å². The summed E-state index contributed by atoms with van der Waals surface area (Å²) in [4.78, 5) is 11.3. The van der Waals surface area contributed by atoms with Crippen molar-refractivity contribution in [2.24, 2.45) is 5.73 Å². The van der Waals surface area contributed by atoms with Gasteiger partial charge in [-0.3, -0.25) is 4.79 Å². The van der Waals surface area contributed by atoms with Gasteiger partial charge in [-0.05, 0) is 25.7 Å². The Morgan fingerprint density at radius 3 is 2.81 bits per heavy atom. The third kappa shape index (κ3) is 4.70. The number of allylic oxidation sites excluding steroid dienone is 1. The summed E-state index contributed by atoms with van der Waals surface area (Å²) in [5.41, 5.74) is 5.92. The lowest BCUT2D eigenvalue weighted by atomic mass is 9.97. The molecule has 0 saturated heterocycles. The van der Waals surface area contributed by atoms with E-state index in [9.17, 15) is 13.6 Å². The number of carbonyl (C=O) groups is 1. The summed E-state index contributed by atoms with van der Waals surface area (Å²) in [7, 11) is 0. The first-order valence-corrected chi connectivity index (χ1v) is 5.56. The van der Waals surface area contributed by atoms with Crippen LogP contribution in [0.3, 0.4) is 0 Å². The van der Waals surface area contributed by atoms with E-state index in [-0.39, 0.29) is 12.3 Å². The van der Waals surface area contributed by atoms with Crippen LogP contribution in [0.15, 0.2) is 11.6 Å². The van der Waals surface area contributed by atoms with Crippen molar-refractivity contribution >= 4 is 5.91 Å². The Labute approximate surface area is 94.1 Å². The molecule has 0 fully saturated rings. The fraction of sp³-hybridized carbons (Fsp3) is 0.727. The summed E-state index contributed by atoms with van der Waals surface area (Å²) in [6.07, 6.45) is 6.39. The second-order valence-electron chi connectivity index (χ2n) is 4.12. The quantitative estimate of drug-likeness (QED) is 0.707. The lowest BCUT2D eigenvalue weighted by Gasteiger charge is -2.16. The van der Waals surface area contributed by atoms with E-state index >= 15 is 0 Å². The minimum absolute atomic E-state index is 0.237. The highest BCUT2D eigenvalue weighted by Crippen LogP contribution is 2.19. The summed E-state index contributed by atoms with van der Waals surface area (Å²) < 4.78 is 25.5. The van der Waals surface area contributed by atoms with Gasteiger partial charge in [0.25, 0.3) is 5.92 Å². The Hall–Kier alpha value is -0.970. The molecule has 92 valence electrons. The standard InChI is InChI=1S/C11H18F2N2O/c12-11(13,7-14)8-15-10(16)6-9-4-2-1-3-5-9/h4H,1-3,5-8,14H2,(H,15,16). The van der Waals surface area contributed by atoms with Crippen LogP contribution in [0.5, 0.6) is 0 Å². The van der Waals surface area contributed by atoms with Gasteiger partial charge in [0.1, 0.15) is 0 Å². The monoisotopic (exact) mass is 232 g/mol. The van der Waals surface area contributed by atoms with Crippen LogP contribution in [-0.2, 0) is 4.79 Å². The van der Waals surface area contributed by atoms with E-state index in [1.807, 2.05) is 6.08 Å². The van der Waals surface area contributed by atoms with Crippen molar-refractivity contribution in [2.45, 2.75) is 38.0 Å². The molecule has 0 unspecified atom stereocenters. The molecular weight excluding hydrogens is 214 g/mol. The largest absolute Gasteiger partial charge is 0.350 e. The first-order valence-electron chi connectivity index (χ1n) is 5.56. The number of hydrogen-bond acceptors (Lipinski definition) is 2. The Balaban J connectivity index is 2.28. The number of carbonyl (C=O) groups excluding carboxylic acids is 1. The van der Waals surface area contributed by atoms with E-state index in [0.717, 1.165) is 31.3 Å². The number of rotatable bonds is 5. The fourth-order valence-electron chi connectivity index (χ4n) is 1.63. The summed E-state index contributed by atoms with van der Waals surface area (Å²) in [6.45, 7) is -1.41. The molecule has 0 aliphatic heterocycles. The zero-order chi connectivity index (χ0) is 12.0. The average Bonchev–Trinajstić information content (AvgIpc) is 2.28. The maximum Gasteiger partial charge on any atom is 0.277 e. The van der Waals surface area contributed by atoms with E-state index in [4.69, 9.17) is 5.73 Å². The van der Waals surface area contributed by atoms with Crippen molar-refractivity contribution in [2.75, 3.05) is 13.1 Å². The predicted molar refractivity (Wildman–Crippen MR) is 58.2 cm³/mol. The lowest BCUT2D eigenvalue weighted by Crippen LogP contribution is -2.41. The molecule has 0 bridgehead atoms. The molecule has 3 N–H and O–H groups in total. The molecule has 1 amide bonds. The predicted octanol–water partition coefficient (Wildman–Crippen LogP) is 1.59. The molecule has 0 aromatic heterocycles. The van der Waals surface area contributed by atoms with Crippen molar-refractivity contribution in [3.05, 3.63) is 11.6 Å². The summed E-state index contributed by atoms with van der Waals surface area (Å²) in [5, 5.41) is 2.21. The second-order valence-corrected chi connectivity index (χ2v) is 4.12. The molecule has 0 atom stereocenters. The van der Waals surface area contributed by atoms with Crippen LogP contribution in [0.25, 0.3) is 0 Å². The Morgan fingerprint density at radius 2 is 2.25 bits per heavy atom. The molecule has 0 radical (unpaired) electrons. The van der Waals surface area contributed by atoms with Gasteiger partial charge in [0.15, 0.2) is 0 Å². The van der Waals surface area contributed by atoms with E-state index in [0.29, 0.717) is 0 Å². The van der Waals surface area contributed by atoms with Crippen LogP contribution >= 0.6 is 0 Å². The van der Waals surface area contributed by atoms with Crippen molar-refractivity contribution in [1.29, 1.82) is 0 Å². The third-order valence-corrected chi connectivity index (χ3v) is 2.62. The van der Waals surface area contributed by atoms with Crippen LogP contribution in [0, 0.1) is 0 Å². The number of hydrogen-bond donors (Lipinski definition) is 2. The van der Waals surface area contributed by atoms with Gasteiger partial charge in [-0.25, -0.2) is 8.78 Å². The maximum absolute atomic E-state index is 12.7. The number of halogens is 2. The number of alkyl halides is 2. The van der Waals surface area contributed by atoms with Crippen molar-refractivity contribution in [3.8, 4) is 0 Å². The number of amides is 1. The minimum atomic E-state index is -3.00. The Bertz CT molecular complexity index is 277. The highest BCUT2D eigenvalue weighted by Gasteiger charge is 2.27. The number of nitrogens with one attached hydrogen (secondary N) is 1. The van der Waals surface area contributed by atoms with E-state index < -0.39 is 19.0 Å². The second kappa shape index (κ2) is 5.94. The van der Waals surface area contributed by atoms with Crippen molar-refractivity contribution in [3.63, 3.8) is 0 Å².